The van der Waals surface area contributed by atoms with Crippen molar-refractivity contribution in [1.82, 2.24) is 9.55 Å². The van der Waals surface area contributed by atoms with Crippen molar-refractivity contribution in [1.29, 1.82) is 0 Å². The van der Waals surface area contributed by atoms with Gasteiger partial charge in [0, 0.05) is 18.0 Å². The van der Waals surface area contributed by atoms with E-state index in [1.54, 1.807) is 19.4 Å². The van der Waals surface area contributed by atoms with E-state index in [-0.39, 0.29) is 0 Å². The number of hydrogen-bond acceptors (Lipinski definition) is 2. The number of aliphatic hydroxyl groups excluding tert-OH is 1. The molecule has 1 N–H and O–H groups in total. The van der Waals surface area contributed by atoms with Crippen LogP contribution in [-0.2, 0) is 0 Å². The van der Waals surface area contributed by atoms with Crippen LogP contribution >= 0.6 is 0 Å². The molecule has 0 radical (unpaired) electrons. The van der Waals surface area contributed by atoms with Crippen molar-refractivity contribution in [3.63, 3.8) is 0 Å². The number of imidazole rings is 1. The Morgan fingerprint density at radius 3 is 2.70 bits per heavy atom. The third kappa shape index (κ3) is 2.36. The van der Waals surface area contributed by atoms with Crippen molar-refractivity contribution >= 4 is 0 Å². The highest BCUT2D eigenvalue weighted by Gasteiger charge is 2.08. The molecule has 0 aliphatic rings. The summed E-state index contributed by atoms with van der Waals surface area (Å²) < 4.78 is 1.99. The van der Waals surface area contributed by atoms with E-state index in [0.717, 1.165) is 22.4 Å². The smallest absolute Gasteiger partial charge is 0.0991 e. The predicted molar refractivity (Wildman–Crippen MR) is 79.6 cm³/mol. The van der Waals surface area contributed by atoms with Crippen LogP contribution in [0.5, 0.6) is 0 Å². The van der Waals surface area contributed by atoms with Crippen LogP contribution < -0.4 is 0 Å². The zero-order valence-electron chi connectivity index (χ0n) is 11.3. The van der Waals surface area contributed by atoms with Crippen LogP contribution in [0.4, 0.5) is 0 Å². The molecule has 20 heavy (non-hydrogen) atoms. The summed E-state index contributed by atoms with van der Waals surface area (Å²) in [6, 6.07) is 16.2. The Balaban J connectivity index is 2.13. The van der Waals surface area contributed by atoms with Gasteiger partial charge in [0.15, 0.2) is 0 Å². The molecular weight excluding hydrogens is 248 g/mol. The van der Waals surface area contributed by atoms with E-state index >= 15 is 0 Å². The summed E-state index contributed by atoms with van der Waals surface area (Å²) in [5.41, 5.74) is 4.20. The van der Waals surface area contributed by atoms with Crippen LogP contribution in [0.15, 0.2) is 67.3 Å². The minimum absolute atomic E-state index is 0.463. The first-order chi connectivity index (χ1) is 9.75. The maximum atomic E-state index is 9.73. The van der Waals surface area contributed by atoms with Gasteiger partial charge >= 0.3 is 0 Å². The van der Waals surface area contributed by atoms with Crippen LogP contribution in [0.2, 0.25) is 0 Å². The first-order valence-corrected chi connectivity index (χ1v) is 6.61. The fourth-order valence-electron chi connectivity index (χ4n) is 2.31. The molecule has 100 valence electrons. The Labute approximate surface area is 118 Å². The molecule has 3 aromatic rings. The number of para-hydroxylation sites is 1. The number of nitrogens with zero attached hydrogens (tertiary/aromatic N) is 2. The van der Waals surface area contributed by atoms with Gasteiger partial charge in [-0.3, -0.25) is 0 Å². The molecule has 3 rings (SSSR count). The molecule has 1 unspecified atom stereocenters. The van der Waals surface area contributed by atoms with Gasteiger partial charge in [0.25, 0.3) is 0 Å². The fourth-order valence-corrected chi connectivity index (χ4v) is 2.31. The van der Waals surface area contributed by atoms with E-state index in [1.807, 2.05) is 41.1 Å². The van der Waals surface area contributed by atoms with Crippen molar-refractivity contribution in [2.45, 2.75) is 13.0 Å². The second-order valence-electron chi connectivity index (χ2n) is 4.79. The molecule has 1 heterocycles. The molecule has 0 aliphatic heterocycles. The van der Waals surface area contributed by atoms with Gasteiger partial charge in [-0.15, -0.1) is 0 Å². The summed E-state index contributed by atoms with van der Waals surface area (Å²) in [4.78, 5) is 4.10. The average molecular weight is 264 g/mol. The summed E-state index contributed by atoms with van der Waals surface area (Å²) in [6.45, 7) is 1.78. The van der Waals surface area contributed by atoms with Gasteiger partial charge in [-0.25, -0.2) is 4.98 Å². The summed E-state index contributed by atoms with van der Waals surface area (Å²) in [5.74, 6) is 0. The van der Waals surface area contributed by atoms with Gasteiger partial charge in [-0.05, 0) is 30.2 Å². The fraction of sp³-hybridized carbons (Fsp3) is 0.118. The molecule has 1 atom stereocenters. The summed E-state index contributed by atoms with van der Waals surface area (Å²) in [6.07, 6.45) is 5.02. The summed E-state index contributed by atoms with van der Waals surface area (Å²) in [7, 11) is 0. The predicted octanol–water partition coefficient (Wildman–Crippen LogP) is 3.59. The van der Waals surface area contributed by atoms with E-state index in [1.165, 1.54) is 0 Å². The third-order valence-corrected chi connectivity index (χ3v) is 3.37. The Bertz CT molecular complexity index is 703. The highest BCUT2D eigenvalue weighted by Crippen LogP contribution is 2.28. The third-order valence-electron chi connectivity index (χ3n) is 3.37. The Hall–Kier alpha value is -2.39. The van der Waals surface area contributed by atoms with E-state index in [4.69, 9.17) is 0 Å². The van der Waals surface area contributed by atoms with Gasteiger partial charge in [0.05, 0.1) is 18.1 Å². The molecule has 1 aromatic heterocycles. The van der Waals surface area contributed by atoms with Gasteiger partial charge in [0.2, 0.25) is 0 Å². The number of hydrogen-bond donors (Lipinski definition) is 1. The maximum absolute atomic E-state index is 9.73. The maximum Gasteiger partial charge on any atom is 0.0991 e. The molecular formula is C17H16N2O. The van der Waals surface area contributed by atoms with Crippen LogP contribution in [0.1, 0.15) is 18.6 Å². The van der Waals surface area contributed by atoms with Gasteiger partial charge in [0.1, 0.15) is 0 Å². The number of aromatic nitrogens is 2. The van der Waals surface area contributed by atoms with Crippen molar-refractivity contribution in [2.75, 3.05) is 0 Å². The molecule has 0 amide bonds. The van der Waals surface area contributed by atoms with Gasteiger partial charge in [-0.2, -0.15) is 0 Å². The van der Waals surface area contributed by atoms with Crippen molar-refractivity contribution < 1.29 is 5.11 Å². The first kappa shape index (κ1) is 12.6. The molecule has 0 spiro atoms. The van der Waals surface area contributed by atoms with Crippen molar-refractivity contribution in [3.8, 4) is 16.8 Å². The monoisotopic (exact) mass is 264 g/mol. The lowest BCUT2D eigenvalue weighted by Crippen LogP contribution is -1.95. The lowest BCUT2D eigenvalue weighted by atomic mass is 9.99. The number of aliphatic hydroxyl groups is 1. The highest BCUT2D eigenvalue weighted by atomic mass is 16.3. The van der Waals surface area contributed by atoms with Crippen molar-refractivity contribution in [2.24, 2.45) is 0 Å². The Kier molecular flexibility index (Phi) is 3.35. The van der Waals surface area contributed by atoms with Crippen LogP contribution in [0, 0.1) is 0 Å². The molecule has 0 fully saturated rings. The number of benzene rings is 2. The second kappa shape index (κ2) is 5.31. The van der Waals surface area contributed by atoms with Crippen molar-refractivity contribution in [3.05, 3.63) is 72.8 Å². The second-order valence-corrected chi connectivity index (χ2v) is 4.79. The first-order valence-electron chi connectivity index (χ1n) is 6.61. The van der Waals surface area contributed by atoms with E-state index in [2.05, 4.69) is 23.2 Å². The van der Waals surface area contributed by atoms with Crippen LogP contribution in [0.3, 0.4) is 0 Å². The quantitative estimate of drug-likeness (QED) is 0.785. The molecule has 3 nitrogen and oxygen atoms in total. The van der Waals surface area contributed by atoms with E-state index < -0.39 is 6.10 Å². The molecule has 0 aliphatic carbocycles. The van der Waals surface area contributed by atoms with Crippen LogP contribution in [0.25, 0.3) is 16.8 Å². The Morgan fingerprint density at radius 1 is 1.10 bits per heavy atom. The lowest BCUT2D eigenvalue weighted by molar-refractivity contribution is 0.199. The molecule has 0 bridgehead atoms. The summed E-state index contributed by atoms with van der Waals surface area (Å²) >= 11 is 0. The standard InChI is InChI=1S/C17H16N2O/c1-13(20)14-5-4-6-15(11-14)16-7-2-3-8-17(16)19-10-9-18-12-19/h2-13,20H,1H3. The van der Waals surface area contributed by atoms with Gasteiger partial charge in [-0.1, -0.05) is 36.4 Å². The molecule has 2 aromatic carbocycles. The average Bonchev–Trinajstić information content (AvgIpc) is 3.01. The lowest BCUT2D eigenvalue weighted by Gasteiger charge is -2.12. The normalized spacial score (nSPS) is 12.3. The zero-order chi connectivity index (χ0) is 13.9. The molecule has 0 saturated carbocycles. The summed E-state index contributed by atoms with van der Waals surface area (Å²) in [5, 5.41) is 9.73. The van der Waals surface area contributed by atoms with Gasteiger partial charge < -0.3 is 9.67 Å². The molecule has 3 heteroatoms. The van der Waals surface area contributed by atoms with E-state index in [9.17, 15) is 5.11 Å². The topological polar surface area (TPSA) is 38.0 Å². The minimum Gasteiger partial charge on any atom is -0.389 e. The Morgan fingerprint density at radius 2 is 1.95 bits per heavy atom. The highest BCUT2D eigenvalue weighted by molar-refractivity contribution is 5.73. The van der Waals surface area contributed by atoms with E-state index in [0.29, 0.717) is 0 Å². The SMILES string of the molecule is CC(O)c1cccc(-c2ccccc2-n2ccnc2)c1. The zero-order valence-corrected chi connectivity index (χ0v) is 11.3. The minimum atomic E-state index is -0.463. The van der Waals surface area contributed by atoms with Crippen LogP contribution in [-0.4, -0.2) is 14.7 Å². The number of rotatable bonds is 3. The largest absolute Gasteiger partial charge is 0.389 e. The molecule has 0 saturated heterocycles.